The van der Waals surface area contributed by atoms with E-state index in [1.54, 1.807) is 6.07 Å². The average Bonchev–Trinajstić information content (AvgIpc) is 2.57. The first kappa shape index (κ1) is 14.3. The van der Waals surface area contributed by atoms with Gasteiger partial charge >= 0.3 is 0 Å². The van der Waals surface area contributed by atoms with Gasteiger partial charge in [0.25, 0.3) is 0 Å². The third kappa shape index (κ3) is 3.45. The number of likely N-dealkylation sites (N-methyl/N-ethyl adjacent to an activating group) is 1. The summed E-state index contributed by atoms with van der Waals surface area (Å²) in [5.41, 5.74) is 7.05. The van der Waals surface area contributed by atoms with E-state index in [0.717, 1.165) is 44.6 Å². The number of para-hydroxylation sites is 1. The van der Waals surface area contributed by atoms with Gasteiger partial charge in [0.15, 0.2) is 0 Å². The van der Waals surface area contributed by atoms with Crippen molar-refractivity contribution in [3.8, 4) is 0 Å². The topological polar surface area (TPSA) is 32.5 Å². The first-order valence-electron chi connectivity index (χ1n) is 7.07. The fraction of sp³-hybridized carbons (Fsp3) is 0.600. The summed E-state index contributed by atoms with van der Waals surface area (Å²) in [6.07, 6.45) is 2.27. The summed E-state index contributed by atoms with van der Waals surface area (Å²) in [5.74, 6) is -0.308. The smallest absolute Gasteiger partial charge is 0.146 e. The molecule has 0 saturated carbocycles. The molecule has 106 valence electrons. The highest BCUT2D eigenvalue weighted by Gasteiger charge is 2.22. The molecule has 1 fully saturated rings. The second kappa shape index (κ2) is 6.35. The molecular weight excluding hydrogens is 241 g/mol. The highest BCUT2D eigenvalue weighted by atomic mass is 19.1. The van der Waals surface area contributed by atoms with Crippen molar-refractivity contribution in [2.75, 3.05) is 32.4 Å². The van der Waals surface area contributed by atoms with E-state index in [-0.39, 0.29) is 5.82 Å². The van der Waals surface area contributed by atoms with Crippen LogP contribution in [0.5, 0.6) is 0 Å². The van der Waals surface area contributed by atoms with Gasteiger partial charge in [-0.3, -0.25) is 4.90 Å². The Morgan fingerprint density at radius 3 is 2.89 bits per heavy atom. The summed E-state index contributed by atoms with van der Waals surface area (Å²) < 4.78 is 13.5. The Morgan fingerprint density at radius 1 is 1.37 bits per heavy atom. The molecule has 1 aromatic carbocycles. The minimum atomic E-state index is -0.308. The largest absolute Gasteiger partial charge is 0.396 e. The van der Waals surface area contributed by atoms with Gasteiger partial charge in [0.05, 0.1) is 5.69 Å². The number of nitrogen functional groups attached to an aromatic ring is 1. The van der Waals surface area contributed by atoms with Gasteiger partial charge in [0.2, 0.25) is 0 Å². The molecule has 0 amide bonds. The van der Waals surface area contributed by atoms with Gasteiger partial charge in [-0.1, -0.05) is 19.1 Å². The molecule has 1 aromatic rings. The molecule has 2 N–H and O–H groups in total. The number of anilines is 1. The Kier molecular flexibility index (Phi) is 4.77. The quantitative estimate of drug-likeness (QED) is 0.851. The highest BCUT2D eigenvalue weighted by molar-refractivity contribution is 5.47. The summed E-state index contributed by atoms with van der Waals surface area (Å²) in [5, 5.41) is 0. The number of nitrogens with two attached hydrogens (primary N) is 1. The Balaban J connectivity index is 2.13. The van der Waals surface area contributed by atoms with Crippen molar-refractivity contribution in [2.45, 2.75) is 32.4 Å². The number of halogens is 1. The van der Waals surface area contributed by atoms with Crippen molar-refractivity contribution in [3.05, 3.63) is 29.6 Å². The molecule has 0 radical (unpaired) electrons. The zero-order valence-corrected chi connectivity index (χ0v) is 11.9. The monoisotopic (exact) mass is 265 g/mol. The fourth-order valence-corrected chi connectivity index (χ4v) is 2.83. The van der Waals surface area contributed by atoms with Crippen LogP contribution in [0.15, 0.2) is 18.2 Å². The molecule has 1 atom stereocenters. The number of hydrogen-bond acceptors (Lipinski definition) is 3. The maximum Gasteiger partial charge on any atom is 0.146 e. The molecule has 0 aliphatic carbocycles. The first-order chi connectivity index (χ1) is 9.11. The van der Waals surface area contributed by atoms with Crippen LogP contribution in [-0.2, 0) is 6.54 Å². The third-order valence-corrected chi connectivity index (χ3v) is 4.01. The van der Waals surface area contributed by atoms with E-state index in [1.165, 1.54) is 6.07 Å². The fourth-order valence-electron chi connectivity index (χ4n) is 2.83. The van der Waals surface area contributed by atoms with Crippen LogP contribution in [0, 0.1) is 5.82 Å². The molecule has 1 saturated heterocycles. The van der Waals surface area contributed by atoms with Crippen LogP contribution in [0.4, 0.5) is 10.1 Å². The van der Waals surface area contributed by atoms with Crippen LogP contribution in [0.3, 0.4) is 0 Å². The second-order valence-electron chi connectivity index (χ2n) is 5.46. The van der Waals surface area contributed by atoms with Crippen LogP contribution < -0.4 is 5.73 Å². The summed E-state index contributed by atoms with van der Waals surface area (Å²) in [7, 11) is 2.17. The molecule has 3 nitrogen and oxygen atoms in total. The molecular formula is C15H24FN3. The van der Waals surface area contributed by atoms with Crippen molar-refractivity contribution in [1.82, 2.24) is 9.80 Å². The maximum absolute atomic E-state index is 13.5. The van der Waals surface area contributed by atoms with Crippen LogP contribution >= 0.6 is 0 Å². The van der Waals surface area contributed by atoms with Crippen LogP contribution in [0.25, 0.3) is 0 Å². The molecule has 1 aliphatic heterocycles. The Morgan fingerprint density at radius 2 is 2.16 bits per heavy atom. The number of hydrogen-bond donors (Lipinski definition) is 1. The number of rotatable bonds is 3. The zero-order valence-electron chi connectivity index (χ0n) is 11.9. The second-order valence-corrected chi connectivity index (χ2v) is 5.46. The van der Waals surface area contributed by atoms with Gasteiger partial charge in [-0.25, -0.2) is 4.39 Å². The van der Waals surface area contributed by atoms with E-state index in [9.17, 15) is 4.39 Å². The van der Waals surface area contributed by atoms with Crippen LogP contribution in [0.1, 0.15) is 25.3 Å². The summed E-state index contributed by atoms with van der Waals surface area (Å²) >= 11 is 0. The molecule has 1 aliphatic rings. The lowest BCUT2D eigenvalue weighted by Crippen LogP contribution is -2.39. The van der Waals surface area contributed by atoms with E-state index in [4.69, 9.17) is 5.73 Å². The van der Waals surface area contributed by atoms with Crippen molar-refractivity contribution in [1.29, 1.82) is 0 Å². The predicted octanol–water partition coefficient (Wildman–Crippen LogP) is 2.32. The van der Waals surface area contributed by atoms with Crippen molar-refractivity contribution >= 4 is 5.69 Å². The van der Waals surface area contributed by atoms with Crippen LogP contribution in [-0.4, -0.2) is 42.5 Å². The van der Waals surface area contributed by atoms with Gasteiger partial charge in [0.1, 0.15) is 5.82 Å². The van der Waals surface area contributed by atoms with Gasteiger partial charge < -0.3 is 10.6 Å². The van der Waals surface area contributed by atoms with E-state index in [1.807, 2.05) is 6.07 Å². The van der Waals surface area contributed by atoms with Gasteiger partial charge in [-0.15, -0.1) is 0 Å². The molecule has 0 aromatic heterocycles. The minimum Gasteiger partial charge on any atom is -0.396 e. The van der Waals surface area contributed by atoms with E-state index < -0.39 is 0 Å². The maximum atomic E-state index is 13.5. The van der Waals surface area contributed by atoms with E-state index in [0.29, 0.717) is 11.7 Å². The third-order valence-electron chi connectivity index (χ3n) is 4.01. The van der Waals surface area contributed by atoms with E-state index in [2.05, 4.69) is 23.8 Å². The molecule has 1 unspecified atom stereocenters. The summed E-state index contributed by atoms with van der Waals surface area (Å²) in [6, 6.07) is 5.62. The number of benzene rings is 1. The molecule has 19 heavy (non-hydrogen) atoms. The SMILES string of the molecule is CCC1CN(C)CCCN1Cc1cccc(F)c1N. The standard InChI is InChI=1S/C15H24FN3/c1-3-13-11-18(2)8-5-9-19(13)10-12-6-4-7-14(16)15(12)17/h4,6-7,13H,3,5,8-11,17H2,1-2H3. The normalized spacial score (nSPS) is 22.4. The highest BCUT2D eigenvalue weighted by Crippen LogP contribution is 2.21. The van der Waals surface area contributed by atoms with Crippen molar-refractivity contribution in [2.24, 2.45) is 0 Å². The lowest BCUT2D eigenvalue weighted by Gasteiger charge is -2.30. The summed E-state index contributed by atoms with van der Waals surface area (Å²) in [6.45, 7) is 6.22. The molecule has 2 rings (SSSR count). The molecule has 0 spiro atoms. The Bertz CT molecular complexity index is 422. The first-order valence-corrected chi connectivity index (χ1v) is 7.07. The Labute approximate surface area is 115 Å². The lowest BCUT2D eigenvalue weighted by molar-refractivity contribution is 0.176. The molecule has 4 heteroatoms. The van der Waals surface area contributed by atoms with Crippen molar-refractivity contribution in [3.63, 3.8) is 0 Å². The minimum absolute atomic E-state index is 0.301. The molecule has 0 bridgehead atoms. The van der Waals surface area contributed by atoms with Gasteiger partial charge in [-0.2, -0.15) is 0 Å². The zero-order chi connectivity index (χ0) is 13.8. The van der Waals surface area contributed by atoms with Crippen molar-refractivity contribution < 1.29 is 4.39 Å². The average molecular weight is 265 g/mol. The van der Waals surface area contributed by atoms with Crippen LogP contribution in [0.2, 0.25) is 0 Å². The lowest BCUT2D eigenvalue weighted by atomic mass is 10.1. The molecule has 1 heterocycles. The predicted molar refractivity (Wildman–Crippen MR) is 77.4 cm³/mol. The van der Waals surface area contributed by atoms with Gasteiger partial charge in [-0.05, 0) is 38.1 Å². The van der Waals surface area contributed by atoms with E-state index >= 15 is 0 Å². The summed E-state index contributed by atoms with van der Waals surface area (Å²) in [4.78, 5) is 4.82. The number of nitrogens with zero attached hydrogens (tertiary/aromatic N) is 2. The van der Waals surface area contributed by atoms with Gasteiger partial charge in [0, 0.05) is 25.7 Å². The Hall–Kier alpha value is -1.13.